The molecule has 0 aliphatic carbocycles. The number of thiol groups is 4. The Morgan fingerprint density at radius 1 is 1.10 bits per heavy atom. The highest BCUT2D eigenvalue weighted by Gasteiger charge is 2.13. The van der Waals surface area contributed by atoms with Crippen LogP contribution in [0, 0.1) is 36.5 Å². The van der Waals surface area contributed by atoms with E-state index in [1.54, 1.807) is 19.4 Å². The van der Waals surface area contributed by atoms with E-state index in [-0.39, 0.29) is 59.5 Å². The molecule has 0 aromatic rings. The number of aliphatic hydroxyl groups is 3. The summed E-state index contributed by atoms with van der Waals surface area (Å²) in [5.41, 5.74) is 0. The van der Waals surface area contributed by atoms with Crippen LogP contribution >= 0.6 is 77.9 Å². The highest BCUT2D eigenvalue weighted by atomic mass is 32.1. The molecule has 0 radical (unpaired) electrons. The molecular weight excluding hydrogens is 499 g/mol. The smallest absolute Gasteiger partial charge is 0.210 e. The van der Waals surface area contributed by atoms with Crippen LogP contribution in [0.5, 0.6) is 0 Å². The van der Waals surface area contributed by atoms with Gasteiger partial charge in [0.2, 0.25) is 15.3 Å². The molecule has 4 nitrogen and oxygen atoms in total. The van der Waals surface area contributed by atoms with Gasteiger partial charge in [-0.3, -0.25) is 0 Å². The molecule has 0 bridgehead atoms. The maximum absolute atomic E-state index is 9.23. The summed E-state index contributed by atoms with van der Waals surface area (Å²) in [6, 6.07) is 0. The van der Waals surface area contributed by atoms with Gasteiger partial charge in [0.25, 0.3) is 0 Å². The van der Waals surface area contributed by atoms with Gasteiger partial charge >= 0.3 is 0 Å². The van der Waals surface area contributed by atoms with Gasteiger partial charge in [-0.25, -0.2) is 25.0 Å². The van der Waals surface area contributed by atoms with Gasteiger partial charge in [-0.2, -0.15) is 43.5 Å². The van der Waals surface area contributed by atoms with E-state index >= 15 is 0 Å². The van der Waals surface area contributed by atoms with Gasteiger partial charge in [0.15, 0.2) is 0 Å². The molecule has 0 aliphatic rings. The molecule has 0 fully saturated rings. The first-order valence-corrected chi connectivity index (χ1v) is 12.6. The van der Waals surface area contributed by atoms with Crippen molar-refractivity contribution in [3.05, 3.63) is 0 Å². The summed E-state index contributed by atoms with van der Waals surface area (Å²) in [5, 5.41) is 17.6. The third kappa shape index (κ3) is 48.4. The number of hydrogen-bond donors (Lipinski definition) is 7. The Bertz CT molecular complexity index is 516. The van der Waals surface area contributed by atoms with Gasteiger partial charge in [-0.1, -0.05) is 13.8 Å². The molecule has 0 aliphatic heterocycles. The average molecular weight is 552 g/mol. The third-order valence-corrected chi connectivity index (χ3v) is 2.89. The van der Waals surface area contributed by atoms with Crippen molar-refractivity contribution in [1.29, 1.82) is 6.81 Å². The van der Waals surface area contributed by atoms with Crippen LogP contribution in [-0.2, 0) is 4.52 Å². The fourth-order valence-corrected chi connectivity index (χ4v) is 1.30. The van der Waals surface area contributed by atoms with Gasteiger partial charge < -0.3 is 19.8 Å². The van der Waals surface area contributed by atoms with Crippen LogP contribution in [0.15, 0.2) is 0 Å². The molecule has 0 aromatic carbocycles. The zero-order chi connectivity index (χ0) is 29.9. The van der Waals surface area contributed by atoms with Gasteiger partial charge in [0.05, 0.1) is 13.5 Å². The molecule has 7 atom stereocenters. The molecule has 29 heavy (non-hydrogen) atoms. The lowest BCUT2D eigenvalue weighted by atomic mass is 10.0. The zero-order valence-corrected chi connectivity index (χ0v) is 24.3. The van der Waals surface area contributed by atoms with Crippen molar-refractivity contribution in [3.63, 3.8) is 0 Å². The van der Waals surface area contributed by atoms with Gasteiger partial charge in [0, 0.05) is 47.3 Å². The van der Waals surface area contributed by atoms with Crippen molar-refractivity contribution in [1.82, 2.24) is 0 Å². The SMILES string of the molecule is CS.CS.[2H]B(P)S.[2H]B(P)S.[3H]C#CCC(OP[3H])[C@@H](C)CO[3H].[3H]C#CC[C@@H](O)[C@@H](C)CO[3H]. The Kier molecular flexibility index (Phi) is 44.3. The van der Waals surface area contributed by atoms with Crippen LogP contribution < -0.4 is 0 Å². The molecule has 0 heterocycles. The summed E-state index contributed by atoms with van der Waals surface area (Å²) in [6.07, 6.45) is 6.63. The van der Waals surface area contributed by atoms with Gasteiger partial charge in [-0.15, -0.1) is 24.6 Å². The van der Waals surface area contributed by atoms with Crippen molar-refractivity contribution >= 4 is 90.3 Å². The Morgan fingerprint density at radius 3 is 1.90 bits per heavy atom. The van der Waals surface area contributed by atoms with Gasteiger partial charge in [0.1, 0.15) is 2.74 Å². The number of aliphatic hydroxyl groups excluding tert-OH is 3. The van der Waals surface area contributed by atoms with Crippen LogP contribution in [0.3, 0.4) is 0 Å². The quantitative estimate of drug-likeness (QED) is 0.0982. The summed E-state index contributed by atoms with van der Waals surface area (Å²) in [7, 11) is 4.03. The van der Waals surface area contributed by atoms with Crippen LogP contribution in [-0.4, -0.2) is 72.6 Å². The van der Waals surface area contributed by atoms with E-state index in [0.717, 1.165) is 0 Å². The standard InChI is InChI=1S/C7H13O2P.C7H12O2.2CH4S.2BH4PS/c1-3-4-7(9-10)6(2)5-8;1-3-4-7(9)6(2)5-8;2*1-2;2*2-1-3/h1,6-8H,4-5,10H2,2H3;1,6-9H,4-5H2,2H3;2*2H,1H3;2*1,3H,2H2/t6-,7?;6-,7+;;;;/m00..../s1/i1T,8T,10T;1T,8T;;;2*1D/t6-,7?,10?;m;;;;. The van der Waals surface area contributed by atoms with Crippen LogP contribution in [0.1, 0.15) is 29.4 Å². The lowest BCUT2D eigenvalue weighted by Gasteiger charge is -2.17. The molecule has 0 saturated carbocycles. The maximum atomic E-state index is 9.23. The highest BCUT2D eigenvalue weighted by Crippen LogP contribution is 2.12. The third-order valence-electron chi connectivity index (χ3n) is 2.58. The largest absolute Gasteiger partial charge is 0.396 e. The summed E-state index contributed by atoms with van der Waals surface area (Å²) < 4.78 is 51.0. The zero-order valence-electron chi connectivity index (χ0n) is 24.4. The summed E-state index contributed by atoms with van der Waals surface area (Å²) in [5.74, 6) is 4.93. The lowest BCUT2D eigenvalue weighted by Crippen LogP contribution is -2.20. The molecule has 174 valence electrons. The Morgan fingerprint density at radius 2 is 1.52 bits per heavy atom. The molecule has 13 heteroatoms. The number of terminal acetylenes is 2. The topological polar surface area (TPSA) is 69.9 Å². The first-order chi connectivity index (χ1) is 16.9. The number of hydrogen-bond acceptors (Lipinski definition) is 8. The minimum atomic E-state index is -0.599. The second kappa shape index (κ2) is 47.5. The van der Waals surface area contributed by atoms with E-state index < -0.39 is 6.10 Å². The predicted octanol–water partition coefficient (Wildman–Crippen LogP) is 2.02. The molecule has 0 saturated heterocycles. The van der Waals surface area contributed by atoms with Crippen molar-refractivity contribution in [2.75, 3.05) is 25.7 Å². The summed E-state index contributed by atoms with van der Waals surface area (Å²) in [6.45, 7) is 4.09. The second-order valence-electron chi connectivity index (χ2n) is 4.57. The Balaban J connectivity index is -0.0000000876. The van der Waals surface area contributed by atoms with E-state index in [1.165, 1.54) is 0 Å². The van der Waals surface area contributed by atoms with Crippen molar-refractivity contribution in [2.24, 2.45) is 11.8 Å². The summed E-state index contributed by atoms with van der Waals surface area (Å²) in [4.78, 5) is 0. The second-order valence-corrected chi connectivity index (χ2v) is 7.19. The van der Waals surface area contributed by atoms with E-state index in [1.807, 2.05) is 19.7 Å². The van der Waals surface area contributed by atoms with Crippen LogP contribution in [0.25, 0.3) is 0 Å². The number of rotatable bonds is 10. The molecule has 0 spiro atoms. The molecule has 3 N–H and O–H groups in total. The van der Waals surface area contributed by atoms with E-state index in [0.29, 0.717) is 6.42 Å². The molecular formula is C16H41B2O4P3S4. The monoisotopic (exact) mass is 552 g/mol. The maximum Gasteiger partial charge on any atom is 0.210 e. The van der Waals surface area contributed by atoms with Crippen molar-refractivity contribution in [2.45, 2.75) is 38.9 Å². The normalized spacial score (nSPS) is 15.1. The fraction of sp³-hybridized carbons (Fsp3) is 0.750. The molecule has 0 amide bonds. The minimum Gasteiger partial charge on any atom is -0.396 e. The van der Waals surface area contributed by atoms with E-state index in [9.17, 15) is 5.11 Å². The first-order valence-electron chi connectivity index (χ1n) is 11.5. The molecule has 4 unspecified atom stereocenters. The Labute approximate surface area is 220 Å². The summed E-state index contributed by atoms with van der Waals surface area (Å²) >= 11 is 14.2. The van der Waals surface area contributed by atoms with Gasteiger partial charge in [-0.05, 0) is 15.2 Å². The molecule has 0 aromatic heterocycles. The fourth-order valence-electron chi connectivity index (χ4n) is 0.984. The van der Waals surface area contributed by atoms with Crippen LogP contribution in [0.4, 0.5) is 0 Å². The highest BCUT2D eigenvalue weighted by molar-refractivity contribution is 8.20. The van der Waals surface area contributed by atoms with Crippen molar-refractivity contribution in [3.8, 4) is 24.6 Å². The predicted molar refractivity (Wildman–Crippen MR) is 161 cm³/mol. The average Bonchev–Trinajstić information content (AvgIpc) is 2.82. The Hall–Kier alpha value is 1.78. The van der Waals surface area contributed by atoms with Crippen LogP contribution in [0.2, 0.25) is 0 Å². The minimum absolute atomic E-state index is 0.0243. The van der Waals surface area contributed by atoms with Crippen molar-refractivity contribution < 1.29 is 22.6 Å². The lowest BCUT2D eigenvalue weighted by molar-refractivity contribution is 0.0811. The first kappa shape index (κ1) is 27.0. The van der Waals surface area contributed by atoms with E-state index in [2.05, 4.69) is 90.5 Å². The molecule has 0 rings (SSSR count). The van der Waals surface area contributed by atoms with E-state index in [4.69, 9.17) is 14.1 Å².